The Labute approximate surface area is 118 Å². The average Bonchev–Trinajstić information content (AvgIpc) is 2.49. The van der Waals surface area contributed by atoms with Crippen LogP contribution in [0.25, 0.3) is 0 Å². The smallest absolute Gasteiger partial charge is 0.0950 e. The maximum absolute atomic E-state index is 5.97. The molecule has 2 nitrogen and oxygen atoms in total. The molecule has 1 heterocycles. The first-order chi connectivity index (χ1) is 9.33. The molecular weight excluding hydrogens is 258 g/mol. The van der Waals surface area contributed by atoms with Crippen LogP contribution in [0.2, 0.25) is 5.02 Å². The van der Waals surface area contributed by atoms with Gasteiger partial charge in [-0.15, -0.1) is 0 Å². The van der Waals surface area contributed by atoms with E-state index in [2.05, 4.69) is 29.6 Å². The second-order valence-corrected chi connectivity index (χ2v) is 5.18. The van der Waals surface area contributed by atoms with Gasteiger partial charge >= 0.3 is 0 Å². The van der Waals surface area contributed by atoms with Crippen molar-refractivity contribution in [2.45, 2.75) is 12.1 Å². The van der Waals surface area contributed by atoms with Crippen molar-refractivity contribution in [2.24, 2.45) is 0 Å². The van der Waals surface area contributed by atoms with Gasteiger partial charge in [-0.25, -0.2) is 0 Å². The quantitative estimate of drug-likeness (QED) is 0.900. The molecule has 1 fully saturated rings. The monoisotopic (exact) mass is 273 g/mol. The molecule has 0 bridgehead atoms. The summed E-state index contributed by atoms with van der Waals surface area (Å²) in [4.78, 5) is 0. The molecule has 2 aromatic carbocycles. The second kappa shape index (κ2) is 5.74. The molecule has 0 saturated carbocycles. The zero-order valence-electron chi connectivity index (χ0n) is 10.6. The number of hydrogen-bond donors (Lipinski definition) is 1. The van der Waals surface area contributed by atoms with Crippen LogP contribution in [0, 0.1) is 0 Å². The van der Waals surface area contributed by atoms with Crippen LogP contribution in [0.15, 0.2) is 54.6 Å². The number of hydrogen-bond acceptors (Lipinski definition) is 2. The van der Waals surface area contributed by atoms with Crippen LogP contribution in [-0.2, 0) is 4.74 Å². The van der Waals surface area contributed by atoms with Gasteiger partial charge in [0, 0.05) is 11.6 Å². The predicted molar refractivity (Wildman–Crippen MR) is 77.3 cm³/mol. The first-order valence-corrected chi connectivity index (χ1v) is 6.86. The van der Waals surface area contributed by atoms with Crippen LogP contribution in [0.5, 0.6) is 0 Å². The van der Waals surface area contributed by atoms with E-state index in [1.807, 2.05) is 30.3 Å². The van der Waals surface area contributed by atoms with Crippen molar-refractivity contribution >= 4 is 11.6 Å². The van der Waals surface area contributed by atoms with Gasteiger partial charge in [-0.05, 0) is 23.3 Å². The summed E-state index contributed by atoms with van der Waals surface area (Å²) in [5, 5.41) is 4.30. The van der Waals surface area contributed by atoms with E-state index in [1.165, 1.54) is 11.1 Å². The van der Waals surface area contributed by atoms with Crippen molar-refractivity contribution in [3.8, 4) is 0 Å². The van der Waals surface area contributed by atoms with Gasteiger partial charge in [-0.3, -0.25) is 0 Å². The van der Waals surface area contributed by atoms with Crippen molar-refractivity contribution in [3.63, 3.8) is 0 Å². The lowest BCUT2D eigenvalue weighted by Crippen LogP contribution is -2.36. The van der Waals surface area contributed by atoms with Gasteiger partial charge in [-0.2, -0.15) is 0 Å². The summed E-state index contributed by atoms with van der Waals surface area (Å²) < 4.78 is 5.97. The molecule has 0 amide bonds. The summed E-state index contributed by atoms with van der Waals surface area (Å²) in [6, 6.07) is 18.5. The third-order valence-corrected chi connectivity index (χ3v) is 3.71. The summed E-state index contributed by atoms with van der Waals surface area (Å²) >= 11 is 5.90. The molecular formula is C16H16ClNO. The van der Waals surface area contributed by atoms with Gasteiger partial charge in [-0.1, -0.05) is 54.1 Å². The van der Waals surface area contributed by atoms with Gasteiger partial charge in [0.25, 0.3) is 0 Å². The van der Waals surface area contributed by atoms with E-state index in [0.29, 0.717) is 6.61 Å². The summed E-state index contributed by atoms with van der Waals surface area (Å²) in [6.45, 7) is 1.51. The van der Waals surface area contributed by atoms with Gasteiger partial charge in [0.2, 0.25) is 0 Å². The van der Waals surface area contributed by atoms with E-state index < -0.39 is 0 Å². The first kappa shape index (κ1) is 12.7. The van der Waals surface area contributed by atoms with E-state index >= 15 is 0 Å². The van der Waals surface area contributed by atoms with Crippen LogP contribution in [0.1, 0.15) is 23.3 Å². The SMILES string of the molecule is Clc1ccc(C2CNC(c3ccccc3)CO2)cc1. The fraction of sp³-hybridized carbons (Fsp3) is 0.250. The molecule has 1 N–H and O–H groups in total. The molecule has 19 heavy (non-hydrogen) atoms. The van der Waals surface area contributed by atoms with Crippen LogP contribution >= 0.6 is 11.6 Å². The zero-order valence-corrected chi connectivity index (χ0v) is 11.3. The average molecular weight is 274 g/mol. The van der Waals surface area contributed by atoms with E-state index in [4.69, 9.17) is 16.3 Å². The minimum atomic E-state index is 0.109. The van der Waals surface area contributed by atoms with Gasteiger partial charge in [0.15, 0.2) is 0 Å². The maximum Gasteiger partial charge on any atom is 0.0950 e. The van der Waals surface area contributed by atoms with Crippen LogP contribution in [0.3, 0.4) is 0 Å². The number of nitrogens with one attached hydrogen (secondary N) is 1. The fourth-order valence-corrected chi connectivity index (χ4v) is 2.50. The summed E-state index contributed by atoms with van der Waals surface area (Å²) in [5.74, 6) is 0. The Morgan fingerprint density at radius 1 is 0.947 bits per heavy atom. The van der Waals surface area contributed by atoms with Gasteiger partial charge < -0.3 is 10.1 Å². The molecule has 3 rings (SSSR count). The second-order valence-electron chi connectivity index (χ2n) is 4.75. The Bertz CT molecular complexity index is 518. The van der Waals surface area contributed by atoms with Gasteiger partial charge in [0.1, 0.15) is 0 Å². The van der Waals surface area contributed by atoms with E-state index in [1.54, 1.807) is 0 Å². The lowest BCUT2D eigenvalue weighted by Gasteiger charge is -2.31. The van der Waals surface area contributed by atoms with Crippen molar-refractivity contribution < 1.29 is 4.74 Å². The molecule has 98 valence electrons. The molecule has 0 aliphatic carbocycles. The fourth-order valence-electron chi connectivity index (χ4n) is 2.37. The van der Waals surface area contributed by atoms with E-state index in [9.17, 15) is 0 Å². The zero-order chi connectivity index (χ0) is 13.1. The summed E-state index contributed by atoms with van der Waals surface area (Å²) in [6.07, 6.45) is 0.109. The standard InChI is InChI=1S/C16H16ClNO/c17-14-8-6-13(7-9-14)16-10-18-15(11-19-16)12-4-2-1-3-5-12/h1-9,15-16,18H,10-11H2. The third-order valence-electron chi connectivity index (χ3n) is 3.46. The highest BCUT2D eigenvalue weighted by Gasteiger charge is 2.23. The first-order valence-electron chi connectivity index (χ1n) is 6.48. The Balaban J connectivity index is 1.65. The number of rotatable bonds is 2. The normalized spacial score (nSPS) is 23.2. The van der Waals surface area contributed by atoms with Crippen molar-refractivity contribution in [3.05, 3.63) is 70.7 Å². The van der Waals surface area contributed by atoms with Crippen molar-refractivity contribution in [1.29, 1.82) is 0 Å². The number of morpholine rings is 1. The molecule has 1 aliphatic heterocycles. The molecule has 0 aromatic heterocycles. The number of halogens is 1. The van der Waals surface area contributed by atoms with Crippen LogP contribution in [-0.4, -0.2) is 13.2 Å². The molecule has 2 aromatic rings. The molecule has 0 spiro atoms. The summed E-state index contributed by atoms with van der Waals surface area (Å²) in [5.41, 5.74) is 2.44. The lowest BCUT2D eigenvalue weighted by atomic mass is 10.0. The molecule has 2 unspecified atom stereocenters. The highest BCUT2D eigenvalue weighted by atomic mass is 35.5. The van der Waals surface area contributed by atoms with Crippen LogP contribution in [0.4, 0.5) is 0 Å². The predicted octanol–water partition coefficient (Wildman–Crippen LogP) is 3.74. The van der Waals surface area contributed by atoms with E-state index in [0.717, 1.165) is 11.6 Å². The minimum absolute atomic E-state index is 0.109. The lowest BCUT2D eigenvalue weighted by molar-refractivity contribution is 0.00238. The van der Waals surface area contributed by atoms with Crippen molar-refractivity contribution in [1.82, 2.24) is 5.32 Å². The summed E-state index contributed by atoms with van der Waals surface area (Å²) in [7, 11) is 0. The Kier molecular flexibility index (Phi) is 3.83. The maximum atomic E-state index is 5.97. The number of benzene rings is 2. The topological polar surface area (TPSA) is 21.3 Å². The number of ether oxygens (including phenoxy) is 1. The Morgan fingerprint density at radius 2 is 1.68 bits per heavy atom. The molecule has 0 radical (unpaired) electrons. The van der Waals surface area contributed by atoms with Crippen molar-refractivity contribution in [2.75, 3.05) is 13.2 Å². The molecule has 3 heteroatoms. The minimum Gasteiger partial charge on any atom is -0.370 e. The highest BCUT2D eigenvalue weighted by molar-refractivity contribution is 6.30. The molecule has 2 atom stereocenters. The van der Waals surface area contributed by atoms with E-state index in [-0.39, 0.29) is 12.1 Å². The Hall–Kier alpha value is -1.35. The molecule has 1 saturated heterocycles. The molecule has 1 aliphatic rings. The van der Waals surface area contributed by atoms with Gasteiger partial charge in [0.05, 0.1) is 18.8 Å². The Morgan fingerprint density at radius 3 is 2.32 bits per heavy atom. The van der Waals surface area contributed by atoms with Crippen LogP contribution < -0.4 is 5.32 Å². The highest BCUT2D eigenvalue weighted by Crippen LogP contribution is 2.26. The largest absolute Gasteiger partial charge is 0.370 e. The third kappa shape index (κ3) is 2.98.